The zero-order valence-corrected chi connectivity index (χ0v) is 9.31. The maximum Gasteiger partial charge on any atom is 0.147 e. The zero-order valence-electron chi connectivity index (χ0n) is 4.59. The molecule has 0 aliphatic heterocycles. The Labute approximate surface area is 57.7 Å². The molecule has 0 radical (unpaired) electrons. The Kier molecular flexibility index (Phi) is 5.38. The van der Waals surface area contributed by atoms with Crippen molar-refractivity contribution in [2.24, 2.45) is 0 Å². The van der Waals surface area contributed by atoms with E-state index in [9.17, 15) is 0 Å². The van der Waals surface area contributed by atoms with E-state index in [2.05, 4.69) is 19.6 Å². The molecule has 6 heavy (non-hydrogen) atoms. The number of rotatable bonds is 0. The van der Waals surface area contributed by atoms with Gasteiger partial charge in [0.2, 0.25) is 0 Å². The quantitative estimate of drug-likeness (QED) is 0.389. The number of hydrogen-bond donors (Lipinski definition) is 0. The Bertz CT molecular complexity index is 26.3. The molecular weight excluding hydrogens is 165 g/mol. The molecule has 0 unspecified atom stereocenters. The molecule has 0 saturated carbocycles. The van der Waals surface area contributed by atoms with Gasteiger partial charge in [0, 0.05) is 19.5 Å². The number of halogens is 1. The summed E-state index contributed by atoms with van der Waals surface area (Å²) in [6.45, 7) is 6.28. The van der Waals surface area contributed by atoms with E-state index >= 15 is 0 Å². The first kappa shape index (κ1) is 10.2. The molecule has 34 valence electrons. The standard InChI is InChI=1S/C3H9ClSi.Zn/c1-5(2,3)4;/h1-3H3;. The van der Waals surface area contributed by atoms with Gasteiger partial charge in [-0.3, -0.25) is 0 Å². The Morgan fingerprint density at radius 2 is 1.17 bits per heavy atom. The van der Waals surface area contributed by atoms with E-state index in [-0.39, 0.29) is 19.5 Å². The van der Waals surface area contributed by atoms with Gasteiger partial charge in [0.15, 0.2) is 0 Å². The van der Waals surface area contributed by atoms with Gasteiger partial charge >= 0.3 is 0 Å². The fourth-order valence-electron chi connectivity index (χ4n) is 0. The van der Waals surface area contributed by atoms with E-state index in [1.807, 2.05) is 0 Å². The predicted octanol–water partition coefficient (Wildman–Crippen LogP) is 2.06. The third-order valence-corrected chi connectivity index (χ3v) is 0. The molecule has 0 fully saturated rings. The minimum absolute atomic E-state index is 0. The second-order valence-electron chi connectivity index (χ2n) is 2.07. The molecule has 0 aromatic rings. The summed E-state index contributed by atoms with van der Waals surface area (Å²) in [6.07, 6.45) is 0. The Hall–Kier alpha value is 1.13. The van der Waals surface area contributed by atoms with Crippen molar-refractivity contribution in [3.05, 3.63) is 0 Å². The summed E-state index contributed by atoms with van der Waals surface area (Å²) < 4.78 is 0. The summed E-state index contributed by atoms with van der Waals surface area (Å²) >= 11 is 5.67. The van der Waals surface area contributed by atoms with Crippen LogP contribution >= 0.6 is 11.1 Å². The first-order valence-electron chi connectivity index (χ1n) is 1.69. The largest absolute Gasteiger partial charge is 0.168 e. The molecule has 0 N–H and O–H groups in total. The van der Waals surface area contributed by atoms with Crippen LogP contribution in [0.2, 0.25) is 19.6 Å². The normalized spacial score (nSPS) is 10.0. The van der Waals surface area contributed by atoms with Gasteiger partial charge in [0.05, 0.1) is 0 Å². The molecule has 0 aromatic carbocycles. The van der Waals surface area contributed by atoms with Crippen molar-refractivity contribution >= 4 is 18.5 Å². The second-order valence-corrected chi connectivity index (χ2v) is 9.60. The minimum Gasteiger partial charge on any atom is -0.168 e. The van der Waals surface area contributed by atoms with Gasteiger partial charge in [-0.05, 0) is 0 Å². The van der Waals surface area contributed by atoms with Crippen molar-refractivity contribution in [2.45, 2.75) is 19.6 Å². The Balaban J connectivity index is 0. The van der Waals surface area contributed by atoms with Crippen molar-refractivity contribution < 1.29 is 19.5 Å². The molecule has 0 bridgehead atoms. The van der Waals surface area contributed by atoms with Crippen LogP contribution < -0.4 is 0 Å². The van der Waals surface area contributed by atoms with Gasteiger partial charge in [0.25, 0.3) is 0 Å². The van der Waals surface area contributed by atoms with E-state index in [0.717, 1.165) is 0 Å². The molecule has 0 saturated heterocycles. The van der Waals surface area contributed by atoms with Gasteiger partial charge in [-0.25, -0.2) is 0 Å². The molecule has 0 aliphatic carbocycles. The van der Waals surface area contributed by atoms with Crippen LogP contribution in [0.3, 0.4) is 0 Å². The van der Waals surface area contributed by atoms with Gasteiger partial charge in [0.1, 0.15) is 7.38 Å². The summed E-state index contributed by atoms with van der Waals surface area (Å²) in [4.78, 5) is 0. The third-order valence-electron chi connectivity index (χ3n) is 0. The van der Waals surface area contributed by atoms with Gasteiger partial charge in [-0.2, -0.15) is 11.1 Å². The fourth-order valence-corrected chi connectivity index (χ4v) is 0. The zero-order chi connectivity index (χ0) is 4.50. The maximum absolute atomic E-state index is 5.67. The van der Waals surface area contributed by atoms with Crippen molar-refractivity contribution in [1.29, 1.82) is 0 Å². The predicted molar refractivity (Wildman–Crippen MR) is 29.2 cm³/mol. The van der Waals surface area contributed by atoms with Crippen LogP contribution in [0.4, 0.5) is 0 Å². The van der Waals surface area contributed by atoms with Crippen molar-refractivity contribution in [3.63, 3.8) is 0 Å². The summed E-state index contributed by atoms with van der Waals surface area (Å²) in [6, 6.07) is 0. The van der Waals surface area contributed by atoms with Gasteiger partial charge in [-0.1, -0.05) is 19.6 Å². The number of hydrogen-bond acceptors (Lipinski definition) is 0. The molecule has 3 heteroatoms. The SMILES string of the molecule is C[Si](C)(C)Cl.[Zn]. The van der Waals surface area contributed by atoms with E-state index in [1.165, 1.54) is 0 Å². The van der Waals surface area contributed by atoms with Crippen LogP contribution in [-0.4, -0.2) is 7.38 Å². The van der Waals surface area contributed by atoms with Crippen molar-refractivity contribution in [2.75, 3.05) is 0 Å². The van der Waals surface area contributed by atoms with E-state index < -0.39 is 7.38 Å². The molecule has 0 atom stereocenters. The molecule has 0 amide bonds. The Morgan fingerprint density at radius 3 is 1.17 bits per heavy atom. The van der Waals surface area contributed by atoms with Crippen LogP contribution in [0, 0.1) is 0 Å². The van der Waals surface area contributed by atoms with Crippen LogP contribution in [0.25, 0.3) is 0 Å². The van der Waals surface area contributed by atoms with E-state index in [1.54, 1.807) is 0 Å². The topological polar surface area (TPSA) is 0 Å². The average Bonchev–Trinajstić information content (AvgIpc) is 0.722. The molecule has 0 aliphatic rings. The first-order chi connectivity index (χ1) is 2.00. The van der Waals surface area contributed by atoms with Crippen LogP contribution in [0.15, 0.2) is 0 Å². The summed E-state index contributed by atoms with van der Waals surface area (Å²) in [5.41, 5.74) is 0. The van der Waals surface area contributed by atoms with Gasteiger partial charge in [-0.15, -0.1) is 0 Å². The van der Waals surface area contributed by atoms with Crippen LogP contribution in [0.5, 0.6) is 0 Å². The van der Waals surface area contributed by atoms with Crippen molar-refractivity contribution in [3.8, 4) is 0 Å². The third kappa shape index (κ3) is 68.5. The minimum atomic E-state index is -1.14. The monoisotopic (exact) mass is 172 g/mol. The summed E-state index contributed by atoms with van der Waals surface area (Å²) in [5.74, 6) is 0. The Morgan fingerprint density at radius 1 is 1.17 bits per heavy atom. The van der Waals surface area contributed by atoms with Crippen molar-refractivity contribution in [1.82, 2.24) is 0 Å². The molecular formula is C3H9ClSiZn. The van der Waals surface area contributed by atoms with E-state index in [4.69, 9.17) is 11.1 Å². The molecule has 0 spiro atoms. The first-order valence-corrected chi connectivity index (χ1v) is 6.20. The molecule has 0 nitrogen and oxygen atoms in total. The van der Waals surface area contributed by atoms with Gasteiger partial charge < -0.3 is 0 Å². The second kappa shape index (κ2) is 3.17. The van der Waals surface area contributed by atoms with E-state index in [0.29, 0.717) is 0 Å². The average molecular weight is 174 g/mol. The molecule has 0 heterocycles. The van der Waals surface area contributed by atoms with Crippen LogP contribution in [-0.2, 0) is 19.5 Å². The van der Waals surface area contributed by atoms with Crippen LogP contribution in [0.1, 0.15) is 0 Å². The molecule has 0 rings (SSSR count). The smallest absolute Gasteiger partial charge is 0.147 e. The fraction of sp³-hybridized carbons (Fsp3) is 1.00. The summed E-state index contributed by atoms with van der Waals surface area (Å²) in [7, 11) is -1.14. The summed E-state index contributed by atoms with van der Waals surface area (Å²) in [5, 5.41) is 0. The maximum atomic E-state index is 5.67. The molecule has 0 aromatic heterocycles.